The monoisotopic (exact) mass is 344 g/mol. The van der Waals surface area contributed by atoms with E-state index < -0.39 is 10.0 Å². The van der Waals surface area contributed by atoms with Gasteiger partial charge in [0.25, 0.3) is 5.91 Å². The van der Waals surface area contributed by atoms with Crippen LogP contribution in [-0.4, -0.2) is 20.4 Å². The van der Waals surface area contributed by atoms with Gasteiger partial charge in [0, 0.05) is 17.6 Å². The lowest BCUT2D eigenvalue weighted by atomic mass is 10.1. The van der Waals surface area contributed by atoms with Crippen molar-refractivity contribution in [3.63, 3.8) is 0 Å². The number of rotatable bonds is 6. The van der Waals surface area contributed by atoms with Gasteiger partial charge >= 0.3 is 0 Å². The fourth-order valence-electron chi connectivity index (χ4n) is 2.41. The Morgan fingerprint density at radius 3 is 2.46 bits per heavy atom. The highest BCUT2D eigenvalue weighted by molar-refractivity contribution is 7.89. The summed E-state index contributed by atoms with van der Waals surface area (Å²) >= 11 is 0. The molecule has 1 fully saturated rings. The summed E-state index contributed by atoms with van der Waals surface area (Å²) in [4.78, 5) is 12.2. The van der Waals surface area contributed by atoms with Crippen LogP contribution in [0, 0.1) is 0 Å². The predicted molar refractivity (Wildman–Crippen MR) is 92.1 cm³/mol. The number of hydrogen-bond donors (Lipinski definition) is 2. The normalized spacial score (nSPS) is 15.7. The predicted octanol–water partition coefficient (Wildman–Crippen LogP) is 2.62. The first-order valence-corrected chi connectivity index (χ1v) is 9.42. The van der Waals surface area contributed by atoms with Crippen molar-refractivity contribution in [1.29, 1.82) is 0 Å². The summed E-state index contributed by atoms with van der Waals surface area (Å²) < 4.78 is 27.8. The van der Waals surface area contributed by atoms with Gasteiger partial charge in [0.1, 0.15) is 0 Å². The number of carbonyl (C=O) groups is 1. The summed E-state index contributed by atoms with van der Waals surface area (Å²) in [7, 11) is -3.71. The van der Waals surface area contributed by atoms with Gasteiger partial charge in [0.15, 0.2) is 0 Å². The topological polar surface area (TPSA) is 75.3 Å². The summed E-state index contributed by atoms with van der Waals surface area (Å²) in [5.74, 6) is -0.231. The van der Waals surface area contributed by atoms with Crippen molar-refractivity contribution in [3.8, 4) is 0 Å². The van der Waals surface area contributed by atoms with Gasteiger partial charge in [-0.1, -0.05) is 36.4 Å². The molecule has 0 aromatic heterocycles. The molecule has 2 aromatic rings. The minimum Gasteiger partial charge on any atom is -0.349 e. The molecule has 1 unspecified atom stereocenters. The molecule has 0 heterocycles. The van der Waals surface area contributed by atoms with E-state index in [0.29, 0.717) is 5.56 Å². The van der Waals surface area contributed by atoms with E-state index in [1.54, 1.807) is 19.1 Å². The average molecular weight is 344 g/mol. The molecule has 1 atom stereocenters. The highest BCUT2D eigenvalue weighted by Crippen LogP contribution is 2.21. The molecule has 1 aliphatic rings. The maximum atomic E-state index is 12.6. The highest BCUT2D eigenvalue weighted by atomic mass is 32.2. The molecule has 1 saturated carbocycles. The van der Waals surface area contributed by atoms with Gasteiger partial charge in [-0.15, -0.1) is 0 Å². The van der Waals surface area contributed by atoms with Crippen LogP contribution in [-0.2, 0) is 10.0 Å². The van der Waals surface area contributed by atoms with Crippen LogP contribution < -0.4 is 10.0 Å². The smallest absolute Gasteiger partial charge is 0.251 e. The van der Waals surface area contributed by atoms with Crippen LogP contribution in [0.5, 0.6) is 0 Å². The van der Waals surface area contributed by atoms with E-state index in [1.807, 2.05) is 30.3 Å². The molecular weight excluding hydrogens is 324 g/mol. The summed E-state index contributed by atoms with van der Waals surface area (Å²) in [5, 5.41) is 2.86. The van der Waals surface area contributed by atoms with Crippen LogP contribution in [0.4, 0.5) is 0 Å². The third-order valence-electron chi connectivity index (χ3n) is 3.95. The Balaban J connectivity index is 1.77. The lowest BCUT2D eigenvalue weighted by molar-refractivity contribution is 0.0951. The Morgan fingerprint density at radius 2 is 1.79 bits per heavy atom. The van der Waals surface area contributed by atoms with Crippen LogP contribution in [0.3, 0.4) is 0 Å². The number of nitrogens with one attached hydrogen (secondary N) is 2. The number of benzene rings is 2. The molecule has 6 heteroatoms. The van der Waals surface area contributed by atoms with E-state index in [9.17, 15) is 13.2 Å². The van der Waals surface area contributed by atoms with Crippen molar-refractivity contribution < 1.29 is 13.2 Å². The highest BCUT2D eigenvalue weighted by Gasteiger charge is 2.25. The van der Waals surface area contributed by atoms with Gasteiger partial charge in [-0.2, -0.15) is 0 Å². The van der Waals surface area contributed by atoms with Gasteiger partial charge in [0.05, 0.1) is 4.90 Å². The molecule has 5 nitrogen and oxygen atoms in total. The molecule has 1 amide bonds. The molecule has 0 bridgehead atoms. The maximum absolute atomic E-state index is 12.6. The van der Waals surface area contributed by atoms with Crippen LogP contribution >= 0.6 is 0 Å². The van der Waals surface area contributed by atoms with Crippen LogP contribution in [0.1, 0.15) is 41.7 Å². The summed E-state index contributed by atoms with van der Waals surface area (Å²) in [6.07, 6.45) is 1.97. The summed E-state index contributed by atoms with van der Waals surface area (Å²) in [6.45, 7) is 1.79. The Labute approximate surface area is 142 Å². The zero-order valence-corrected chi connectivity index (χ0v) is 14.2. The second kappa shape index (κ2) is 6.75. The lowest BCUT2D eigenvalue weighted by Gasteiger charge is -2.15. The number of hydrogen-bond acceptors (Lipinski definition) is 3. The molecule has 2 aromatic carbocycles. The third-order valence-corrected chi connectivity index (χ3v) is 5.49. The van der Waals surface area contributed by atoms with Crippen LogP contribution in [0.25, 0.3) is 0 Å². The van der Waals surface area contributed by atoms with E-state index in [2.05, 4.69) is 10.0 Å². The van der Waals surface area contributed by atoms with E-state index in [0.717, 1.165) is 18.4 Å². The maximum Gasteiger partial charge on any atom is 0.251 e. The molecule has 0 aliphatic heterocycles. The van der Waals surface area contributed by atoms with Gasteiger partial charge in [-0.3, -0.25) is 4.79 Å². The van der Waals surface area contributed by atoms with E-state index in [1.165, 1.54) is 12.1 Å². The SMILES string of the molecule is CC(NS(=O)(=O)c1cccc(C(=O)NC2CC2)c1)c1ccccc1. The summed E-state index contributed by atoms with van der Waals surface area (Å²) in [5.41, 5.74) is 1.24. The van der Waals surface area contributed by atoms with Gasteiger partial charge in [0.2, 0.25) is 10.0 Å². The minimum atomic E-state index is -3.71. The quantitative estimate of drug-likeness (QED) is 0.846. The zero-order valence-electron chi connectivity index (χ0n) is 13.4. The molecule has 0 radical (unpaired) electrons. The Bertz CT molecular complexity index is 830. The second-order valence-electron chi connectivity index (χ2n) is 6.03. The third kappa shape index (κ3) is 4.01. The Kier molecular flexibility index (Phi) is 4.69. The Morgan fingerprint density at radius 1 is 1.08 bits per heavy atom. The molecule has 0 spiro atoms. The molecule has 0 saturated heterocycles. The molecule has 2 N–H and O–H groups in total. The number of amides is 1. The van der Waals surface area contributed by atoms with Crippen molar-refractivity contribution in [1.82, 2.24) is 10.0 Å². The van der Waals surface area contributed by atoms with E-state index >= 15 is 0 Å². The van der Waals surface area contributed by atoms with Crippen LogP contribution in [0.15, 0.2) is 59.5 Å². The summed E-state index contributed by atoms with van der Waals surface area (Å²) in [6, 6.07) is 15.3. The van der Waals surface area contributed by atoms with Crippen molar-refractivity contribution >= 4 is 15.9 Å². The molecule has 24 heavy (non-hydrogen) atoms. The number of sulfonamides is 1. The van der Waals surface area contributed by atoms with Gasteiger partial charge < -0.3 is 5.32 Å². The Hall–Kier alpha value is -2.18. The van der Waals surface area contributed by atoms with Crippen molar-refractivity contribution in [3.05, 3.63) is 65.7 Å². The zero-order chi connectivity index (χ0) is 17.2. The minimum absolute atomic E-state index is 0.0914. The van der Waals surface area contributed by atoms with Gasteiger partial charge in [-0.25, -0.2) is 13.1 Å². The van der Waals surface area contributed by atoms with Crippen molar-refractivity contribution in [2.24, 2.45) is 0 Å². The second-order valence-corrected chi connectivity index (χ2v) is 7.74. The van der Waals surface area contributed by atoms with E-state index in [4.69, 9.17) is 0 Å². The molecule has 3 rings (SSSR count). The fraction of sp³-hybridized carbons (Fsp3) is 0.278. The van der Waals surface area contributed by atoms with Crippen molar-refractivity contribution in [2.75, 3.05) is 0 Å². The number of carbonyl (C=O) groups excluding carboxylic acids is 1. The largest absolute Gasteiger partial charge is 0.349 e. The average Bonchev–Trinajstić information content (AvgIpc) is 3.39. The molecule has 126 valence electrons. The first-order valence-electron chi connectivity index (χ1n) is 7.94. The molecule has 1 aliphatic carbocycles. The standard InChI is InChI=1S/C18H20N2O3S/c1-13(14-6-3-2-4-7-14)20-24(22,23)17-9-5-8-15(12-17)18(21)19-16-10-11-16/h2-9,12-13,16,20H,10-11H2,1H3,(H,19,21). The van der Waals surface area contributed by atoms with Crippen LogP contribution in [0.2, 0.25) is 0 Å². The lowest BCUT2D eigenvalue weighted by Crippen LogP contribution is -2.28. The first kappa shape index (κ1) is 16.7. The fourth-order valence-corrected chi connectivity index (χ4v) is 3.69. The van der Waals surface area contributed by atoms with E-state index in [-0.39, 0.29) is 22.9 Å². The first-order chi connectivity index (χ1) is 11.5. The van der Waals surface area contributed by atoms with Crippen molar-refractivity contribution in [2.45, 2.75) is 36.7 Å². The van der Waals surface area contributed by atoms with Gasteiger partial charge in [-0.05, 0) is 43.5 Å². The molecular formula is C18H20N2O3S.